The quantitative estimate of drug-likeness (QED) is 0.770. The van der Waals surface area contributed by atoms with Gasteiger partial charge in [-0.1, -0.05) is 19.3 Å². The molecule has 2 saturated heterocycles. The molecule has 1 N–H and O–H groups in total. The number of methoxy groups -OCH3 is 1. The van der Waals surface area contributed by atoms with Crippen LogP contribution in [0.4, 0.5) is 0 Å². The number of hydrogen-bond donors (Lipinski definition) is 1. The molecule has 2 aliphatic heterocycles. The molecule has 0 bridgehead atoms. The molecule has 3 fully saturated rings. The number of likely N-dealkylation sites (tertiary alicyclic amines) is 2. The molecule has 1 saturated carbocycles. The first-order chi connectivity index (χ1) is 11.7. The van der Waals surface area contributed by atoms with Gasteiger partial charge in [-0.05, 0) is 51.7 Å². The van der Waals surface area contributed by atoms with Crippen molar-refractivity contribution in [2.45, 2.75) is 56.9 Å². The average molecular weight is 338 g/mol. The number of nitrogens with zero attached hydrogens (tertiary/aromatic N) is 2. The highest BCUT2D eigenvalue weighted by Gasteiger charge is 2.40. The van der Waals surface area contributed by atoms with Crippen molar-refractivity contribution in [2.75, 3.05) is 53.0 Å². The molecule has 0 aromatic rings. The van der Waals surface area contributed by atoms with E-state index < -0.39 is 0 Å². The number of rotatable bonds is 7. The highest BCUT2D eigenvalue weighted by molar-refractivity contribution is 5.79. The maximum absolute atomic E-state index is 12.7. The van der Waals surface area contributed by atoms with E-state index in [2.05, 4.69) is 15.1 Å². The lowest BCUT2D eigenvalue weighted by molar-refractivity contribution is -0.125. The number of nitrogens with one attached hydrogen (secondary N) is 1. The van der Waals surface area contributed by atoms with Crippen LogP contribution in [0.2, 0.25) is 0 Å². The van der Waals surface area contributed by atoms with Gasteiger partial charge in [-0.2, -0.15) is 0 Å². The summed E-state index contributed by atoms with van der Waals surface area (Å²) in [6.07, 6.45) is 10.2. The van der Waals surface area contributed by atoms with Crippen molar-refractivity contribution in [3.8, 4) is 0 Å². The number of hydrogen-bond acceptors (Lipinski definition) is 4. The zero-order valence-corrected chi connectivity index (χ0v) is 15.4. The van der Waals surface area contributed by atoms with Gasteiger partial charge in [0, 0.05) is 32.3 Å². The standard InChI is InChI=1S/C19H35N3O2/c1-24-14-13-21-12-7-17(15-21)18(23)20-16-19(8-3-4-9-19)22-10-5-2-6-11-22/h17H,2-16H2,1H3,(H,20,23). The number of amides is 1. The summed E-state index contributed by atoms with van der Waals surface area (Å²) in [5.74, 6) is 0.444. The Morgan fingerprint density at radius 1 is 1.12 bits per heavy atom. The molecule has 2 heterocycles. The first-order valence-corrected chi connectivity index (χ1v) is 9.98. The van der Waals surface area contributed by atoms with Crippen molar-refractivity contribution in [2.24, 2.45) is 5.92 Å². The molecule has 3 rings (SSSR count). The Labute approximate surface area is 147 Å². The van der Waals surface area contributed by atoms with E-state index in [1.807, 2.05) is 0 Å². The molecule has 5 nitrogen and oxygen atoms in total. The predicted molar refractivity (Wildman–Crippen MR) is 96.1 cm³/mol. The zero-order valence-electron chi connectivity index (χ0n) is 15.4. The molecule has 24 heavy (non-hydrogen) atoms. The number of piperidine rings is 1. The van der Waals surface area contributed by atoms with E-state index in [0.717, 1.165) is 39.2 Å². The van der Waals surface area contributed by atoms with E-state index in [4.69, 9.17) is 4.74 Å². The highest BCUT2D eigenvalue weighted by atomic mass is 16.5. The Hall–Kier alpha value is -0.650. The number of ether oxygens (including phenoxy) is 1. The summed E-state index contributed by atoms with van der Waals surface area (Å²) in [7, 11) is 1.74. The maximum Gasteiger partial charge on any atom is 0.224 e. The third-order valence-corrected chi connectivity index (χ3v) is 6.41. The summed E-state index contributed by atoms with van der Waals surface area (Å²) < 4.78 is 5.15. The Kier molecular flexibility index (Phi) is 6.53. The largest absolute Gasteiger partial charge is 0.383 e. The summed E-state index contributed by atoms with van der Waals surface area (Å²) in [6, 6.07) is 0. The monoisotopic (exact) mass is 337 g/mol. The van der Waals surface area contributed by atoms with E-state index in [1.54, 1.807) is 7.11 Å². The second-order valence-corrected chi connectivity index (χ2v) is 7.98. The van der Waals surface area contributed by atoms with E-state index >= 15 is 0 Å². The van der Waals surface area contributed by atoms with Crippen molar-refractivity contribution in [3.63, 3.8) is 0 Å². The summed E-state index contributed by atoms with van der Waals surface area (Å²) in [5, 5.41) is 3.34. The number of carbonyl (C=O) groups excluding carboxylic acids is 1. The minimum absolute atomic E-state index is 0.168. The van der Waals surface area contributed by atoms with Crippen LogP contribution in [0.15, 0.2) is 0 Å². The van der Waals surface area contributed by atoms with Crippen LogP contribution in [0.3, 0.4) is 0 Å². The molecule has 138 valence electrons. The summed E-state index contributed by atoms with van der Waals surface area (Å²) in [4.78, 5) is 17.7. The third-order valence-electron chi connectivity index (χ3n) is 6.41. The molecule has 1 aliphatic carbocycles. The molecule has 0 aromatic carbocycles. The third kappa shape index (κ3) is 4.30. The fourth-order valence-corrected chi connectivity index (χ4v) is 4.87. The summed E-state index contributed by atoms with van der Waals surface area (Å²) in [5.41, 5.74) is 0.254. The second kappa shape index (κ2) is 8.63. The molecule has 1 unspecified atom stereocenters. The van der Waals surface area contributed by atoms with Gasteiger partial charge >= 0.3 is 0 Å². The number of carbonyl (C=O) groups is 1. The Balaban J connectivity index is 1.49. The minimum Gasteiger partial charge on any atom is -0.383 e. The second-order valence-electron chi connectivity index (χ2n) is 7.98. The van der Waals surface area contributed by atoms with Crippen LogP contribution in [-0.2, 0) is 9.53 Å². The van der Waals surface area contributed by atoms with Crippen molar-refractivity contribution >= 4 is 5.91 Å². The Bertz CT molecular complexity index is 403. The average Bonchev–Trinajstić information content (AvgIpc) is 3.29. The maximum atomic E-state index is 12.7. The minimum atomic E-state index is 0.168. The van der Waals surface area contributed by atoms with Crippen molar-refractivity contribution in [3.05, 3.63) is 0 Å². The zero-order chi connectivity index (χ0) is 16.8. The van der Waals surface area contributed by atoms with Gasteiger partial charge in [-0.15, -0.1) is 0 Å². The van der Waals surface area contributed by atoms with E-state index in [9.17, 15) is 4.79 Å². The van der Waals surface area contributed by atoms with Crippen molar-refractivity contribution in [1.82, 2.24) is 15.1 Å². The first-order valence-electron chi connectivity index (χ1n) is 9.98. The molecule has 0 spiro atoms. The predicted octanol–water partition coefficient (Wildman–Crippen LogP) is 1.87. The van der Waals surface area contributed by atoms with Gasteiger partial charge in [-0.25, -0.2) is 0 Å². The van der Waals surface area contributed by atoms with Crippen LogP contribution in [-0.4, -0.2) is 74.2 Å². The normalized spacial score (nSPS) is 28.3. The fraction of sp³-hybridized carbons (Fsp3) is 0.947. The van der Waals surface area contributed by atoms with Gasteiger partial charge in [0.2, 0.25) is 5.91 Å². The van der Waals surface area contributed by atoms with Crippen LogP contribution in [0.25, 0.3) is 0 Å². The molecular formula is C19H35N3O2. The molecule has 0 radical (unpaired) electrons. The molecule has 5 heteroatoms. The van der Waals surface area contributed by atoms with Gasteiger partial charge in [0.25, 0.3) is 0 Å². The Morgan fingerprint density at radius 3 is 2.58 bits per heavy atom. The Morgan fingerprint density at radius 2 is 1.88 bits per heavy atom. The van der Waals surface area contributed by atoms with Gasteiger partial charge in [0.15, 0.2) is 0 Å². The smallest absolute Gasteiger partial charge is 0.224 e. The van der Waals surface area contributed by atoms with Crippen LogP contribution >= 0.6 is 0 Å². The van der Waals surface area contributed by atoms with Crippen LogP contribution in [0.1, 0.15) is 51.4 Å². The lowest BCUT2D eigenvalue weighted by Gasteiger charge is -2.44. The lowest BCUT2D eigenvalue weighted by Crippen LogP contribution is -2.56. The van der Waals surface area contributed by atoms with E-state index in [0.29, 0.717) is 0 Å². The highest BCUT2D eigenvalue weighted by Crippen LogP contribution is 2.36. The summed E-state index contributed by atoms with van der Waals surface area (Å²) in [6.45, 7) is 6.93. The molecular weight excluding hydrogens is 302 g/mol. The van der Waals surface area contributed by atoms with Gasteiger partial charge in [0.1, 0.15) is 0 Å². The topological polar surface area (TPSA) is 44.8 Å². The van der Waals surface area contributed by atoms with Gasteiger partial charge < -0.3 is 15.0 Å². The van der Waals surface area contributed by atoms with Crippen LogP contribution in [0.5, 0.6) is 0 Å². The SMILES string of the molecule is COCCN1CCC(C(=O)NCC2(N3CCCCC3)CCCC2)C1. The molecule has 1 amide bonds. The first kappa shape index (κ1) is 18.2. The van der Waals surface area contributed by atoms with Crippen molar-refractivity contribution in [1.29, 1.82) is 0 Å². The van der Waals surface area contributed by atoms with Crippen molar-refractivity contribution < 1.29 is 9.53 Å². The van der Waals surface area contributed by atoms with Gasteiger partial charge in [0.05, 0.1) is 12.5 Å². The molecule has 0 aromatic heterocycles. The summed E-state index contributed by atoms with van der Waals surface area (Å²) >= 11 is 0. The van der Waals surface area contributed by atoms with E-state index in [1.165, 1.54) is 58.0 Å². The molecule has 3 aliphatic rings. The van der Waals surface area contributed by atoms with Gasteiger partial charge in [-0.3, -0.25) is 9.69 Å². The molecule has 1 atom stereocenters. The van der Waals surface area contributed by atoms with Crippen LogP contribution in [0, 0.1) is 5.92 Å². The lowest BCUT2D eigenvalue weighted by atomic mass is 9.91. The van der Waals surface area contributed by atoms with Crippen LogP contribution < -0.4 is 5.32 Å². The fourth-order valence-electron chi connectivity index (χ4n) is 4.87. The van der Waals surface area contributed by atoms with E-state index in [-0.39, 0.29) is 17.4 Å².